The summed E-state index contributed by atoms with van der Waals surface area (Å²) in [6.07, 6.45) is 0.222. The molecular formula is C32H31F2N7O2S. The fraction of sp³-hybridized carbons (Fsp3) is 0.375. The lowest BCUT2D eigenvalue weighted by Crippen LogP contribution is -2.75. The topological polar surface area (TPSA) is 123 Å². The second-order valence-corrected chi connectivity index (χ2v) is 13.8. The number of rotatable bonds is 5. The number of aliphatic hydroxyl groups is 1. The maximum atomic E-state index is 15.8. The number of aromatic nitrogens is 2. The quantitative estimate of drug-likeness (QED) is 0.333. The van der Waals surface area contributed by atoms with E-state index in [1.807, 2.05) is 18.0 Å². The van der Waals surface area contributed by atoms with Gasteiger partial charge < -0.3 is 25.5 Å². The van der Waals surface area contributed by atoms with Crippen molar-refractivity contribution < 1.29 is 18.7 Å². The van der Waals surface area contributed by atoms with Gasteiger partial charge in [0.2, 0.25) is 5.91 Å². The average Bonchev–Trinajstić information content (AvgIpc) is 3.54. The lowest BCUT2D eigenvalue weighted by Gasteiger charge is -2.61. The normalized spacial score (nSPS) is 18.6. The molecule has 12 heteroatoms. The van der Waals surface area contributed by atoms with Crippen LogP contribution in [-0.2, 0) is 11.2 Å². The van der Waals surface area contributed by atoms with E-state index in [0.717, 1.165) is 5.56 Å². The van der Waals surface area contributed by atoms with Gasteiger partial charge in [0.05, 0.1) is 23.0 Å². The molecule has 2 aliphatic heterocycles. The molecule has 2 aromatic heterocycles. The molecule has 3 aliphatic rings. The maximum Gasteiger partial charge on any atom is 0.242 e. The largest absolute Gasteiger partial charge is 0.387 e. The van der Waals surface area contributed by atoms with Gasteiger partial charge in [-0.25, -0.2) is 18.7 Å². The number of aliphatic hydroxyl groups excluding tert-OH is 1. The third-order valence-electron chi connectivity index (χ3n) is 8.88. The standard InChI is InChI=1S/C32H31F2N7O2S/c1-31(2,36)29(43)41-15-32(16-41)13-40(14-32)19-10-21-26(22(34)11-19)37-27-20(8-9-23(27)42)28(21)39(3)30-38-25(24(12-35)44-30)17-4-6-18(33)7-5-17/h4-7,10-11,23,42H,8-9,13-16,36H2,1-3H3. The molecule has 2 saturated heterocycles. The van der Waals surface area contributed by atoms with Gasteiger partial charge in [0.15, 0.2) is 10.9 Å². The molecule has 226 valence electrons. The fourth-order valence-electron chi connectivity index (χ4n) is 6.74. The highest BCUT2D eigenvalue weighted by atomic mass is 32.1. The van der Waals surface area contributed by atoms with E-state index in [9.17, 15) is 19.6 Å². The SMILES string of the molecule is CN(c1nc(-c2ccc(F)cc2)c(C#N)s1)c1c2c(nc3c(F)cc(N4CC5(CN(C(=O)C(C)(C)N)C5)C4)cc13)C(O)CC2. The number of halogens is 2. The van der Waals surface area contributed by atoms with Gasteiger partial charge >= 0.3 is 0 Å². The summed E-state index contributed by atoms with van der Waals surface area (Å²) < 4.78 is 29.4. The number of thiazole rings is 1. The molecule has 2 aromatic carbocycles. The number of pyridine rings is 1. The Hall–Kier alpha value is -4.18. The van der Waals surface area contributed by atoms with Gasteiger partial charge in [-0.3, -0.25) is 4.79 Å². The van der Waals surface area contributed by atoms with Gasteiger partial charge in [0.1, 0.15) is 28.0 Å². The van der Waals surface area contributed by atoms with Crippen molar-refractivity contribution in [2.45, 2.75) is 38.3 Å². The minimum absolute atomic E-state index is 0.0302. The summed E-state index contributed by atoms with van der Waals surface area (Å²) in [4.78, 5) is 28.0. The van der Waals surface area contributed by atoms with Crippen LogP contribution in [0.4, 0.5) is 25.3 Å². The molecule has 2 fully saturated rings. The Labute approximate surface area is 257 Å². The highest BCUT2D eigenvalue weighted by Gasteiger charge is 2.54. The number of carbonyl (C=O) groups is 1. The van der Waals surface area contributed by atoms with Gasteiger partial charge in [0, 0.05) is 60.8 Å². The van der Waals surface area contributed by atoms with Crippen LogP contribution in [0, 0.1) is 28.4 Å². The van der Waals surface area contributed by atoms with Crippen LogP contribution in [0.2, 0.25) is 0 Å². The lowest BCUT2D eigenvalue weighted by atomic mass is 9.72. The van der Waals surface area contributed by atoms with Crippen molar-refractivity contribution in [1.29, 1.82) is 5.26 Å². The van der Waals surface area contributed by atoms with Gasteiger partial charge in [0.25, 0.3) is 0 Å². The zero-order valence-electron chi connectivity index (χ0n) is 24.6. The minimum Gasteiger partial charge on any atom is -0.387 e. The predicted octanol–water partition coefficient (Wildman–Crippen LogP) is 4.64. The summed E-state index contributed by atoms with van der Waals surface area (Å²) in [5, 5.41) is 21.7. The second kappa shape index (κ2) is 9.92. The molecule has 4 aromatic rings. The molecule has 1 spiro atoms. The van der Waals surface area contributed by atoms with Crippen molar-refractivity contribution in [2.75, 3.05) is 43.0 Å². The summed E-state index contributed by atoms with van der Waals surface area (Å²) in [5.41, 5.74) is 8.94. The first-order valence-electron chi connectivity index (χ1n) is 14.5. The van der Waals surface area contributed by atoms with E-state index in [4.69, 9.17) is 10.7 Å². The summed E-state index contributed by atoms with van der Waals surface area (Å²) in [5.74, 6) is -0.947. The first-order valence-corrected chi connectivity index (χ1v) is 15.3. The van der Waals surface area contributed by atoms with E-state index in [0.29, 0.717) is 82.7 Å². The van der Waals surface area contributed by atoms with E-state index in [2.05, 4.69) is 16.0 Å². The Kier molecular flexibility index (Phi) is 6.44. The van der Waals surface area contributed by atoms with Gasteiger partial charge in [-0.05, 0) is 63.1 Å². The number of likely N-dealkylation sites (tertiary alicyclic amines) is 1. The third kappa shape index (κ3) is 4.49. The van der Waals surface area contributed by atoms with Gasteiger partial charge in [-0.2, -0.15) is 5.26 Å². The summed E-state index contributed by atoms with van der Waals surface area (Å²) >= 11 is 1.19. The predicted molar refractivity (Wildman–Crippen MR) is 165 cm³/mol. The molecule has 0 saturated carbocycles. The highest BCUT2D eigenvalue weighted by Crippen LogP contribution is 2.47. The van der Waals surface area contributed by atoms with Crippen LogP contribution < -0.4 is 15.5 Å². The van der Waals surface area contributed by atoms with Crippen molar-refractivity contribution in [3.63, 3.8) is 0 Å². The number of carbonyl (C=O) groups excluding carboxylic acids is 1. The minimum atomic E-state index is -0.916. The highest BCUT2D eigenvalue weighted by molar-refractivity contribution is 7.16. The molecule has 1 unspecified atom stereocenters. The number of anilines is 3. The number of hydrogen-bond acceptors (Lipinski definition) is 9. The molecule has 44 heavy (non-hydrogen) atoms. The lowest BCUT2D eigenvalue weighted by molar-refractivity contribution is -0.149. The van der Waals surface area contributed by atoms with Crippen LogP contribution >= 0.6 is 11.3 Å². The number of fused-ring (bicyclic) bond motifs is 2. The zero-order valence-corrected chi connectivity index (χ0v) is 25.4. The average molecular weight is 616 g/mol. The Morgan fingerprint density at radius 2 is 1.89 bits per heavy atom. The fourth-order valence-corrected chi connectivity index (χ4v) is 7.60. The van der Waals surface area contributed by atoms with Gasteiger partial charge in [-0.1, -0.05) is 11.3 Å². The summed E-state index contributed by atoms with van der Waals surface area (Å²) in [6.45, 7) is 6.05. The smallest absolute Gasteiger partial charge is 0.242 e. The van der Waals surface area contributed by atoms with E-state index in [-0.39, 0.29) is 22.7 Å². The molecule has 0 bridgehead atoms. The Morgan fingerprint density at radius 1 is 1.18 bits per heavy atom. The molecular weight excluding hydrogens is 584 g/mol. The number of benzene rings is 2. The Bertz CT molecular complexity index is 1860. The van der Waals surface area contributed by atoms with Crippen molar-refractivity contribution in [2.24, 2.45) is 11.1 Å². The van der Waals surface area contributed by atoms with E-state index in [1.54, 1.807) is 30.9 Å². The zero-order chi connectivity index (χ0) is 31.1. The van der Waals surface area contributed by atoms with E-state index < -0.39 is 17.5 Å². The molecule has 9 nitrogen and oxygen atoms in total. The Balaban J connectivity index is 1.25. The second-order valence-electron chi connectivity index (χ2n) is 12.8. The molecule has 0 radical (unpaired) electrons. The third-order valence-corrected chi connectivity index (χ3v) is 9.92. The number of nitriles is 1. The van der Waals surface area contributed by atoms with E-state index in [1.165, 1.54) is 29.5 Å². The Morgan fingerprint density at radius 3 is 2.55 bits per heavy atom. The number of nitrogens with two attached hydrogens (primary N) is 1. The molecule has 1 amide bonds. The van der Waals surface area contributed by atoms with Gasteiger partial charge in [-0.15, -0.1) is 0 Å². The molecule has 7 rings (SSSR count). The summed E-state index contributed by atoms with van der Waals surface area (Å²) in [6, 6.07) is 11.4. The van der Waals surface area contributed by atoms with Crippen molar-refractivity contribution >= 4 is 44.7 Å². The van der Waals surface area contributed by atoms with Crippen LogP contribution in [0.25, 0.3) is 22.2 Å². The first kappa shape index (κ1) is 28.6. The number of hydrogen-bond donors (Lipinski definition) is 2. The maximum absolute atomic E-state index is 15.8. The molecule has 1 aliphatic carbocycles. The van der Waals surface area contributed by atoms with E-state index >= 15 is 4.39 Å². The van der Waals surface area contributed by atoms with Crippen LogP contribution in [0.5, 0.6) is 0 Å². The van der Waals surface area contributed by atoms with Crippen molar-refractivity contribution in [3.8, 4) is 17.3 Å². The monoisotopic (exact) mass is 615 g/mol. The van der Waals surface area contributed by atoms with Crippen molar-refractivity contribution in [1.82, 2.24) is 14.9 Å². The first-order chi connectivity index (χ1) is 20.9. The van der Waals surface area contributed by atoms with Crippen molar-refractivity contribution in [3.05, 3.63) is 64.2 Å². The van der Waals surface area contributed by atoms with Crippen LogP contribution in [0.3, 0.4) is 0 Å². The number of amides is 1. The summed E-state index contributed by atoms with van der Waals surface area (Å²) in [7, 11) is 1.82. The molecule has 4 heterocycles. The van der Waals surface area contributed by atoms with Crippen LogP contribution in [0.15, 0.2) is 36.4 Å². The number of nitrogens with zero attached hydrogens (tertiary/aromatic N) is 6. The molecule has 1 atom stereocenters. The van der Waals surface area contributed by atoms with Crippen LogP contribution in [-0.4, -0.2) is 64.6 Å². The molecule has 3 N–H and O–H groups in total. The van der Waals surface area contributed by atoms with Crippen LogP contribution in [0.1, 0.15) is 42.5 Å².